The van der Waals surface area contributed by atoms with Crippen molar-refractivity contribution < 1.29 is 77.7 Å². The second-order valence-electron chi connectivity index (χ2n) is 16.1. The highest BCUT2D eigenvalue weighted by Crippen LogP contribution is 2.45. The number of rotatable bonds is 30. The van der Waals surface area contributed by atoms with E-state index in [-0.39, 0.29) is 38.6 Å². The van der Waals surface area contributed by atoms with Crippen LogP contribution in [0.15, 0.2) is 60.7 Å². The summed E-state index contributed by atoms with van der Waals surface area (Å²) >= 11 is 0. The van der Waals surface area contributed by atoms with Gasteiger partial charge in [0.1, 0.15) is 55.7 Å². The first-order valence-corrected chi connectivity index (χ1v) is 23.6. The molecule has 0 bridgehead atoms. The van der Waals surface area contributed by atoms with Crippen LogP contribution in [0.5, 0.6) is 0 Å². The van der Waals surface area contributed by atoms with E-state index in [1.54, 1.807) is 60.7 Å². The number of aliphatic carboxylic acids is 2. The molecule has 2 aromatic carbocycles. The molecule has 70 heavy (non-hydrogen) atoms. The average Bonchev–Trinajstić information content (AvgIpc) is 3.81. The molecule has 1 aliphatic rings. The fourth-order valence-electron chi connectivity index (χ4n) is 7.07. The molecule has 19 N–H and O–H groups in total. The number of aliphatic hydroxyl groups excluding tert-OH is 1. The average molecular weight is 1010 g/mol. The standard InChI is InChI=1S/C42H62N11O16P/c43-26(13-7-17-46-42(44)45)35(59)51-30(22-54)38(62)49-29(20-25-11-5-2-6-12-25)37(61)52-31(23-69-70(66,67)68)39(63)48-27(15-16-33(55)56)41(65)53-18-8-14-32(53)40(64)50-28(36(60)47-21-34(57)58)19-24-9-3-1-4-10-24/h1-6,9-12,26-32,42,46,54,66-68H,7-8,13-23,43-45H2,(H7-,47,48,49,50,51,52,55,56,57,58,59,60,61,62,63,64)/p+1/t26-,27-,28-,29-,30-,31-,32-/m0/s1. The molecule has 386 valence electrons. The number of nitrogens with zero attached hydrogens (tertiary/aromatic N) is 1. The zero-order valence-electron chi connectivity index (χ0n) is 38.0. The molecule has 0 spiro atoms. The molecule has 0 unspecified atom stereocenters. The van der Waals surface area contributed by atoms with Gasteiger partial charge >= 0.3 is 20.1 Å². The van der Waals surface area contributed by atoms with E-state index in [1.807, 2.05) is 0 Å². The lowest BCUT2D eigenvalue weighted by Crippen LogP contribution is -2.61. The van der Waals surface area contributed by atoms with E-state index in [9.17, 15) is 68.0 Å². The number of carboxylic acid groups (broad SMARTS) is 2. The highest BCUT2D eigenvalue weighted by molar-refractivity contribution is 7.53. The number of aliphatic hydroxyl groups is 1. The topological polar surface area (TPSA) is 450 Å². The molecule has 1 fully saturated rings. The van der Waals surface area contributed by atoms with Gasteiger partial charge in [-0.05, 0) is 49.8 Å². The molecular weight excluding hydrogens is 945 g/mol. The molecule has 1 saturated heterocycles. The molecule has 3 rings (SSSR count). The Hall–Kier alpha value is -6.26. The number of hydrogen-bond donors (Lipinski definition) is 16. The number of nitrogens with two attached hydrogens (primary N) is 3. The van der Waals surface area contributed by atoms with Crippen molar-refractivity contribution in [1.82, 2.24) is 42.1 Å². The summed E-state index contributed by atoms with van der Waals surface area (Å²) in [5, 5.41) is 45.6. The Morgan fingerprint density at radius 1 is 0.671 bits per heavy atom. The molecule has 1 heterocycles. The van der Waals surface area contributed by atoms with Crippen molar-refractivity contribution in [2.75, 3.05) is 32.8 Å². The van der Waals surface area contributed by atoms with Crippen LogP contribution in [-0.4, -0.2) is 170 Å². The Balaban J connectivity index is 1.87. The van der Waals surface area contributed by atoms with Gasteiger partial charge < -0.3 is 69.3 Å². The molecule has 1 aliphatic heterocycles. The summed E-state index contributed by atoms with van der Waals surface area (Å²) in [6, 6.07) is 5.76. The third-order valence-electron chi connectivity index (χ3n) is 10.6. The number of benzene rings is 2. The van der Waals surface area contributed by atoms with Crippen molar-refractivity contribution in [1.29, 1.82) is 0 Å². The highest BCUT2D eigenvalue weighted by Gasteiger charge is 2.42. The van der Waals surface area contributed by atoms with Gasteiger partial charge in [-0.1, -0.05) is 60.7 Å². The van der Waals surface area contributed by atoms with Gasteiger partial charge in [0.2, 0.25) is 41.4 Å². The summed E-state index contributed by atoms with van der Waals surface area (Å²) in [6.45, 7) is -2.65. The van der Waals surface area contributed by atoms with Gasteiger partial charge in [-0.15, -0.1) is 0 Å². The van der Waals surface area contributed by atoms with Crippen LogP contribution in [0.25, 0.3) is 0 Å². The van der Waals surface area contributed by atoms with Crippen LogP contribution in [0, 0.1) is 0 Å². The number of likely N-dealkylation sites (tertiary alicyclic amines) is 1. The quantitative estimate of drug-likeness (QED) is 0.0197. The van der Waals surface area contributed by atoms with Crippen LogP contribution in [0.1, 0.15) is 49.7 Å². The van der Waals surface area contributed by atoms with E-state index < -0.39 is 143 Å². The van der Waals surface area contributed by atoms with E-state index in [0.29, 0.717) is 24.1 Å². The van der Waals surface area contributed by atoms with Crippen molar-refractivity contribution in [3.63, 3.8) is 0 Å². The van der Waals surface area contributed by atoms with E-state index >= 15 is 0 Å². The van der Waals surface area contributed by atoms with Crippen molar-refractivity contribution in [3.8, 4) is 0 Å². The van der Waals surface area contributed by atoms with E-state index in [1.165, 1.54) is 0 Å². The summed E-state index contributed by atoms with van der Waals surface area (Å²) < 4.78 is 4.68. The first-order chi connectivity index (χ1) is 33.1. The summed E-state index contributed by atoms with van der Waals surface area (Å²) in [7, 11) is -5.12. The minimum absolute atomic E-state index is 0.0540. The second kappa shape index (κ2) is 29.0. The molecule has 0 saturated carbocycles. The maximum atomic E-state index is 14.2. The number of carbonyl (C=O) groups excluding carboxylic acids is 7. The molecule has 0 aromatic heterocycles. The van der Waals surface area contributed by atoms with Gasteiger partial charge in [0.15, 0.2) is 0 Å². The number of hydrogen-bond acceptors (Lipinski definition) is 18. The Labute approximate surface area is 402 Å². The first kappa shape index (κ1) is 58.1. The SMILES string of the molecule is NC(N)NCCC[C@H](N)C(=O)N[C@@H](CO)C(=O)N[C@@H](Cc1ccccc1)C(=O)N[C@@H](CO[P+](O)(O)O)C(=O)N[C@@H](CCC(=O)O)C(=O)N1CCC[C@H]1C(=O)N[C@@H](Cc1ccccc1)C(=O)NCC(=O)O. The zero-order valence-corrected chi connectivity index (χ0v) is 38.9. The van der Waals surface area contributed by atoms with Crippen molar-refractivity contribution >= 4 is 61.5 Å². The fraction of sp³-hybridized carbons (Fsp3) is 0.500. The number of nitrogens with one attached hydrogen (secondary N) is 7. The molecule has 28 heteroatoms. The molecular formula is C42H63N11O16P+. The first-order valence-electron chi connectivity index (χ1n) is 22.0. The molecule has 27 nitrogen and oxygen atoms in total. The normalized spacial score (nSPS) is 16.1. The third-order valence-corrected chi connectivity index (χ3v) is 11.1. The lowest BCUT2D eigenvalue weighted by atomic mass is 10.0. The molecule has 0 aliphatic carbocycles. The van der Waals surface area contributed by atoms with Gasteiger partial charge in [0.05, 0.1) is 12.6 Å². The van der Waals surface area contributed by atoms with Gasteiger partial charge in [-0.2, -0.15) is 19.2 Å². The number of carboxylic acids is 2. The fourth-order valence-corrected chi connectivity index (χ4v) is 7.42. The van der Waals surface area contributed by atoms with Gasteiger partial charge in [-0.3, -0.25) is 48.5 Å². The van der Waals surface area contributed by atoms with Crippen LogP contribution in [0.4, 0.5) is 0 Å². The summed E-state index contributed by atoms with van der Waals surface area (Å²) in [5.41, 5.74) is 17.9. The predicted octanol–water partition coefficient (Wildman–Crippen LogP) is -5.49. The van der Waals surface area contributed by atoms with Crippen LogP contribution in [0.3, 0.4) is 0 Å². The largest absolute Gasteiger partial charge is 0.567 e. The van der Waals surface area contributed by atoms with Gasteiger partial charge in [0.25, 0.3) is 0 Å². The molecule has 7 amide bonds. The lowest BCUT2D eigenvalue weighted by molar-refractivity contribution is -0.144. The summed E-state index contributed by atoms with van der Waals surface area (Å²) in [5.74, 6) is -9.72. The smallest absolute Gasteiger partial charge is 0.481 e. The van der Waals surface area contributed by atoms with E-state index in [0.717, 1.165) is 4.90 Å². The minimum Gasteiger partial charge on any atom is -0.481 e. The predicted molar refractivity (Wildman–Crippen MR) is 246 cm³/mol. The van der Waals surface area contributed by atoms with Crippen molar-refractivity contribution in [3.05, 3.63) is 71.8 Å². The summed E-state index contributed by atoms with van der Waals surface area (Å²) in [4.78, 5) is 149. The van der Waals surface area contributed by atoms with Crippen LogP contribution in [0.2, 0.25) is 0 Å². The minimum atomic E-state index is -5.12. The van der Waals surface area contributed by atoms with Crippen LogP contribution in [-0.2, 0) is 60.5 Å². The molecule has 0 radical (unpaired) electrons. The van der Waals surface area contributed by atoms with Crippen molar-refractivity contribution in [2.24, 2.45) is 17.2 Å². The monoisotopic (exact) mass is 1010 g/mol. The van der Waals surface area contributed by atoms with Gasteiger partial charge in [-0.25, -0.2) is 0 Å². The van der Waals surface area contributed by atoms with Crippen LogP contribution >= 0.6 is 8.17 Å². The van der Waals surface area contributed by atoms with Crippen LogP contribution < -0.4 is 54.4 Å². The number of amides is 7. The summed E-state index contributed by atoms with van der Waals surface area (Å²) in [6.07, 6.45) is -1.67. The number of carbonyl (C=O) groups is 9. The van der Waals surface area contributed by atoms with E-state index in [2.05, 4.69) is 41.7 Å². The van der Waals surface area contributed by atoms with Crippen molar-refractivity contribution in [2.45, 2.75) is 99.9 Å². The maximum absolute atomic E-state index is 14.2. The van der Waals surface area contributed by atoms with Gasteiger partial charge in [0, 0.05) is 25.8 Å². The Bertz CT molecular complexity index is 2090. The Morgan fingerprint density at radius 2 is 1.20 bits per heavy atom. The lowest BCUT2D eigenvalue weighted by Gasteiger charge is -2.30. The highest BCUT2D eigenvalue weighted by atomic mass is 31.2. The third kappa shape index (κ3) is 20.8. The second-order valence-corrected chi connectivity index (χ2v) is 17.4. The zero-order chi connectivity index (χ0) is 52.0. The molecule has 7 atom stereocenters. The van der Waals surface area contributed by atoms with E-state index in [4.69, 9.17) is 22.3 Å². The Morgan fingerprint density at radius 3 is 1.74 bits per heavy atom. The maximum Gasteiger partial charge on any atom is 0.567 e. The Kier molecular flexibility index (Phi) is 24.1. The molecule has 2 aromatic rings.